The lowest BCUT2D eigenvalue weighted by Gasteiger charge is -2.15. The third kappa shape index (κ3) is 3.91. The van der Waals surface area contributed by atoms with Crippen LogP contribution in [0.25, 0.3) is 0 Å². The van der Waals surface area contributed by atoms with Gasteiger partial charge in [0.2, 0.25) is 5.91 Å². The Kier molecular flexibility index (Phi) is 5.16. The summed E-state index contributed by atoms with van der Waals surface area (Å²) in [4.78, 5) is 13.7. The number of benzene rings is 1. The van der Waals surface area contributed by atoms with Crippen LogP contribution in [0.2, 0.25) is 5.02 Å². The molecule has 1 aliphatic heterocycles. The van der Waals surface area contributed by atoms with Gasteiger partial charge in [0.15, 0.2) is 0 Å². The third-order valence-corrected chi connectivity index (χ3v) is 3.69. The van der Waals surface area contributed by atoms with E-state index < -0.39 is 0 Å². The standard InChI is InChI=1S/C14H18ClFN2O/c15-12-4-3-5-13(16)11(12)10-17-7-6-14(19)18-8-1-2-9-18/h3-5,17H,1-2,6-10H2. The topological polar surface area (TPSA) is 32.3 Å². The van der Waals surface area contributed by atoms with Crippen LogP contribution in [0.1, 0.15) is 24.8 Å². The Bertz CT molecular complexity index is 427. The van der Waals surface area contributed by atoms with Gasteiger partial charge in [-0.15, -0.1) is 0 Å². The minimum Gasteiger partial charge on any atom is -0.343 e. The fraction of sp³-hybridized carbons (Fsp3) is 0.500. The number of hydrogen-bond acceptors (Lipinski definition) is 2. The fourth-order valence-corrected chi connectivity index (χ4v) is 2.46. The molecule has 0 aliphatic carbocycles. The fourth-order valence-electron chi connectivity index (χ4n) is 2.23. The molecule has 0 aromatic heterocycles. The van der Waals surface area contributed by atoms with Gasteiger partial charge in [0.25, 0.3) is 0 Å². The van der Waals surface area contributed by atoms with Crippen LogP contribution in [-0.4, -0.2) is 30.4 Å². The first-order valence-corrected chi connectivity index (χ1v) is 6.97. The molecule has 1 amide bonds. The van der Waals surface area contributed by atoms with Crippen LogP contribution >= 0.6 is 11.6 Å². The molecule has 0 atom stereocenters. The molecule has 0 unspecified atom stereocenters. The van der Waals surface area contributed by atoms with Crippen molar-refractivity contribution in [1.29, 1.82) is 0 Å². The Morgan fingerprint density at radius 3 is 2.79 bits per heavy atom. The second-order valence-electron chi connectivity index (χ2n) is 4.71. The molecule has 0 radical (unpaired) electrons. The monoisotopic (exact) mass is 284 g/mol. The molecule has 1 saturated heterocycles. The largest absolute Gasteiger partial charge is 0.343 e. The molecular weight excluding hydrogens is 267 g/mol. The number of nitrogens with zero attached hydrogens (tertiary/aromatic N) is 1. The highest BCUT2D eigenvalue weighted by atomic mass is 35.5. The van der Waals surface area contributed by atoms with E-state index >= 15 is 0 Å². The van der Waals surface area contributed by atoms with Crippen LogP contribution in [0.3, 0.4) is 0 Å². The Morgan fingerprint density at radius 2 is 2.11 bits per heavy atom. The maximum Gasteiger partial charge on any atom is 0.223 e. The Morgan fingerprint density at radius 1 is 1.37 bits per heavy atom. The highest BCUT2D eigenvalue weighted by Gasteiger charge is 2.17. The van der Waals surface area contributed by atoms with Crippen LogP contribution in [0.15, 0.2) is 18.2 Å². The van der Waals surface area contributed by atoms with Crippen LogP contribution in [0.5, 0.6) is 0 Å². The first-order valence-electron chi connectivity index (χ1n) is 6.60. The molecule has 104 valence electrons. The Labute approximate surface area is 117 Å². The van der Waals surface area contributed by atoms with Gasteiger partial charge in [0.05, 0.1) is 0 Å². The van der Waals surface area contributed by atoms with Crippen molar-refractivity contribution in [3.05, 3.63) is 34.6 Å². The molecule has 2 rings (SSSR count). The SMILES string of the molecule is O=C(CCNCc1c(F)cccc1Cl)N1CCCC1. The van der Waals surface area contributed by atoms with Gasteiger partial charge in [0, 0.05) is 43.2 Å². The van der Waals surface area contributed by atoms with Gasteiger partial charge in [-0.05, 0) is 25.0 Å². The summed E-state index contributed by atoms with van der Waals surface area (Å²) in [6.07, 6.45) is 2.65. The molecule has 1 aromatic rings. The number of carbonyl (C=O) groups is 1. The molecule has 5 heteroatoms. The van der Waals surface area contributed by atoms with E-state index in [0.29, 0.717) is 30.1 Å². The number of amides is 1. The average molecular weight is 285 g/mol. The van der Waals surface area contributed by atoms with Gasteiger partial charge >= 0.3 is 0 Å². The van der Waals surface area contributed by atoms with E-state index in [1.165, 1.54) is 6.07 Å². The van der Waals surface area contributed by atoms with E-state index in [4.69, 9.17) is 11.6 Å². The van der Waals surface area contributed by atoms with Gasteiger partial charge in [-0.2, -0.15) is 0 Å². The summed E-state index contributed by atoms with van der Waals surface area (Å²) < 4.78 is 13.5. The van der Waals surface area contributed by atoms with Crippen molar-refractivity contribution in [1.82, 2.24) is 10.2 Å². The highest BCUT2D eigenvalue weighted by Crippen LogP contribution is 2.18. The van der Waals surface area contributed by atoms with Gasteiger partial charge in [-0.25, -0.2) is 4.39 Å². The molecule has 1 N–H and O–H groups in total. The average Bonchev–Trinajstić information content (AvgIpc) is 2.91. The molecule has 3 nitrogen and oxygen atoms in total. The van der Waals surface area contributed by atoms with Crippen molar-refractivity contribution in [2.45, 2.75) is 25.8 Å². The maximum atomic E-state index is 13.5. The second-order valence-corrected chi connectivity index (χ2v) is 5.12. The summed E-state index contributed by atoms with van der Waals surface area (Å²) in [5.41, 5.74) is 0.456. The zero-order chi connectivity index (χ0) is 13.7. The second kappa shape index (κ2) is 6.87. The Hall–Kier alpha value is -1.13. The van der Waals surface area contributed by atoms with Crippen molar-refractivity contribution < 1.29 is 9.18 Å². The van der Waals surface area contributed by atoms with E-state index in [0.717, 1.165) is 25.9 Å². The van der Waals surface area contributed by atoms with Crippen LogP contribution < -0.4 is 5.32 Å². The van der Waals surface area contributed by atoms with Gasteiger partial charge in [-0.3, -0.25) is 4.79 Å². The number of rotatable bonds is 5. The summed E-state index contributed by atoms with van der Waals surface area (Å²) in [6.45, 7) is 2.63. The number of likely N-dealkylation sites (tertiary alicyclic amines) is 1. The summed E-state index contributed by atoms with van der Waals surface area (Å²) in [5, 5.41) is 3.48. The normalized spacial score (nSPS) is 14.9. The van der Waals surface area contributed by atoms with E-state index in [1.807, 2.05) is 4.90 Å². The lowest BCUT2D eigenvalue weighted by molar-refractivity contribution is -0.130. The number of nitrogens with one attached hydrogen (secondary N) is 1. The van der Waals surface area contributed by atoms with Crippen LogP contribution in [0, 0.1) is 5.82 Å². The molecule has 1 fully saturated rings. The summed E-state index contributed by atoms with van der Waals surface area (Å²) >= 11 is 5.92. The van der Waals surface area contributed by atoms with E-state index in [1.54, 1.807) is 12.1 Å². The zero-order valence-electron chi connectivity index (χ0n) is 10.8. The summed E-state index contributed by atoms with van der Waals surface area (Å²) in [7, 11) is 0. The van der Waals surface area contributed by atoms with Crippen molar-refractivity contribution >= 4 is 17.5 Å². The van der Waals surface area contributed by atoms with Crippen LogP contribution in [0.4, 0.5) is 4.39 Å². The smallest absolute Gasteiger partial charge is 0.223 e. The molecule has 0 spiro atoms. The van der Waals surface area contributed by atoms with Crippen molar-refractivity contribution in [3.8, 4) is 0 Å². The summed E-state index contributed by atoms with van der Waals surface area (Å²) in [5.74, 6) is -0.143. The highest BCUT2D eigenvalue weighted by molar-refractivity contribution is 6.31. The van der Waals surface area contributed by atoms with Gasteiger partial charge in [0.1, 0.15) is 5.82 Å². The quantitative estimate of drug-likeness (QED) is 0.843. The van der Waals surface area contributed by atoms with E-state index in [2.05, 4.69) is 5.32 Å². The predicted molar refractivity (Wildman–Crippen MR) is 73.5 cm³/mol. The first kappa shape index (κ1) is 14.3. The molecule has 19 heavy (non-hydrogen) atoms. The maximum absolute atomic E-state index is 13.5. The first-order chi connectivity index (χ1) is 9.18. The molecule has 0 saturated carbocycles. The lowest BCUT2D eigenvalue weighted by atomic mass is 10.2. The predicted octanol–water partition coefficient (Wildman–Crippen LogP) is 2.58. The lowest BCUT2D eigenvalue weighted by Crippen LogP contribution is -2.30. The van der Waals surface area contributed by atoms with E-state index in [9.17, 15) is 9.18 Å². The van der Waals surface area contributed by atoms with E-state index in [-0.39, 0.29) is 11.7 Å². The van der Waals surface area contributed by atoms with Gasteiger partial charge in [-0.1, -0.05) is 17.7 Å². The van der Waals surface area contributed by atoms with Crippen LogP contribution in [-0.2, 0) is 11.3 Å². The Balaban J connectivity index is 1.73. The van der Waals surface area contributed by atoms with Crippen molar-refractivity contribution in [2.24, 2.45) is 0 Å². The minimum absolute atomic E-state index is 0.171. The zero-order valence-corrected chi connectivity index (χ0v) is 11.5. The number of carbonyl (C=O) groups excluding carboxylic acids is 1. The number of hydrogen-bond donors (Lipinski definition) is 1. The number of halogens is 2. The minimum atomic E-state index is -0.314. The van der Waals surface area contributed by atoms with Crippen molar-refractivity contribution in [3.63, 3.8) is 0 Å². The molecule has 1 aromatic carbocycles. The molecule has 1 heterocycles. The molecular formula is C14H18ClFN2O. The van der Waals surface area contributed by atoms with Gasteiger partial charge < -0.3 is 10.2 Å². The summed E-state index contributed by atoms with van der Waals surface area (Å²) in [6, 6.07) is 4.63. The third-order valence-electron chi connectivity index (χ3n) is 3.34. The van der Waals surface area contributed by atoms with Crippen molar-refractivity contribution in [2.75, 3.05) is 19.6 Å². The molecule has 0 bridgehead atoms. The molecule has 1 aliphatic rings.